The normalized spacial score (nSPS) is 15.4. The molecule has 3 heterocycles. The van der Waals surface area contributed by atoms with Crippen LogP contribution in [0.3, 0.4) is 0 Å². The first-order valence-corrected chi connectivity index (χ1v) is 9.93. The Bertz CT molecular complexity index is 1050. The summed E-state index contributed by atoms with van der Waals surface area (Å²) >= 11 is 0. The minimum Gasteiger partial charge on any atom is -0.459 e. The van der Waals surface area contributed by atoms with Gasteiger partial charge in [-0.25, -0.2) is 0 Å². The molecule has 29 heavy (non-hydrogen) atoms. The van der Waals surface area contributed by atoms with Crippen LogP contribution in [0.2, 0.25) is 0 Å². The van der Waals surface area contributed by atoms with Gasteiger partial charge in [-0.15, -0.1) is 0 Å². The van der Waals surface area contributed by atoms with Crippen molar-refractivity contribution in [1.82, 2.24) is 15.2 Å². The van der Waals surface area contributed by atoms with Crippen molar-refractivity contribution in [2.24, 2.45) is 5.92 Å². The van der Waals surface area contributed by atoms with Gasteiger partial charge in [-0.2, -0.15) is 0 Å². The van der Waals surface area contributed by atoms with Gasteiger partial charge in [-0.3, -0.25) is 9.59 Å². The van der Waals surface area contributed by atoms with Crippen molar-refractivity contribution in [2.75, 3.05) is 13.1 Å². The molecule has 0 radical (unpaired) electrons. The van der Waals surface area contributed by atoms with E-state index >= 15 is 0 Å². The second kappa shape index (κ2) is 7.99. The van der Waals surface area contributed by atoms with Crippen molar-refractivity contribution in [3.8, 4) is 0 Å². The Morgan fingerprint density at radius 1 is 1.17 bits per heavy atom. The molecule has 0 saturated heterocycles. The molecular formula is C23H25N3O3. The van der Waals surface area contributed by atoms with Crippen LogP contribution in [0.1, 0.15) is 36.4 Å². The highest BCUT2D eigenvalue weighted by molar-refractivity contribution is 5.96. The maximum atomic E-state index is 13.1. The van der Waals surface area contributed by atoms with E-state index in [1.54, 1.807) is 12.1 Å². The number of aromatic amines is 1. The quantitative estimate of drug-likeness (QED) is 0.694. The van der Waals surface area contributed by atoms with Gasteiger partial charge < -0.3 is 19.6 Å². The minimum absolute atomic E-state index is 0.0274. The second-order valence-corrected chi connectivity index (χ2v) is 7.68. The number of hydrogen-bond acceptors (Lipinski definition) is 3. The van der Waals surface area contributed by atoms with E-state index in [4.69, 9.17) is 4.42 Å². The smallest absolute Gasteiger partial charge is 0.287 e. The highest BCUT2D eigenvalue weighted by Gasteiger charge is 2.30. The van der Waals surface area contributed by atoms with Crippen LogP contribution in [0.5, 0.6) is 0 Å². The highest BCUT2D eigenvalue weighted by atomic mass is 16.3. The fraction of sp³-hybridized carbons (Fsp3) is 0.304. The summed E-state index contributed by atoms with van der Waals surface area (Å²) < 4.78 is 5.14. The molecule has 0 aliphatic carbocycles. The lowest BCUT2D eigenvalue weighted by Crippen LogP contribution is -2.52. The van der Waals surface area contributed by atoms with Gasteiger partial charge in [0.05, 0.1) is 6.26 Å². The lowest BCUT2D eigenvalue weighted by molar-refractivity contribution is -0.133. The first-order chi connectivity index (χ1) is 14.0. The average Bonchev–Trinajstić information content (AvgIpc) is 3.41. The van der Waals surface area contributed by atoms with Gasteiger partial charge in [-0.05, 0) is 36.1 Å². The van der Waals surface area contributed by atoms with Crippen LogP contribution in [0.25, 0.3) is 16.5 Å². The van der Waals surface area contributed by atoms with Gasteiger partial charge in [0.15, 0.2) is 5.76 Å². The molecule has 2 amide bonds. The van der Waals surface area contributed by atoms with Crippen molar-refractivity contribution in [2.45, 2.75) is 26.3 Å². The number of amides is 2. The molecule has 150 valence electrons. The van der Waals surface area contributed by atoms with Crippen LogP contribution in [-0.2, 0) is 4.79 Å². The standard InChI is InChI=1S/C23H25N3O3/c1-15(2)21(25-22(27)20-8-5-13-29-20)23(28)26-11-9-16(10-12-26)18-14-24-19-7-4-3-6-17(18)19/h3-9,13-15,21,24H,10-12H2,1-2H3,(H,25,27)/t21-/m1/s1. The second-order valence-electron chi connectivity index (χ2n) is 7.68. The van der Waals surface area contributed by atoms with E-state index < -0.39 is 6.04 Å². The number of H-pyrrole nitrogens is 1. The van der Waals surface area contributed by atoms with Crippen LogP contribution in [0.15, 0.2) is 59.4 Å². The van der Waals surface area contributed by atoms with Gasteiger partial charge in [0.25, 0.3) is 5.91 Å². The average molecular weight is 391 g/mol. The third-order valence-electron chi connectivity index (χ3n) is 5.42. The predicted octanol–water partition coefficient (Wildman–Crippen LogP) is 3.83. The van der Waals surface area contributed by atoms with E-state index in [-0.39, 0.29) is 23.5 Å². The molecule has 1 aliphatic rings. The van der Waals surface area contributed by atoms with Gasteiger partial charge in [-0.1, -0.05) is 38.1 Å². The first kappa shape index (κ1) is 19.1. The third kappa shape index (κ3) is 3.83. The number of carbonyl (C=O) groups is 2. The van der Waals surface area contributed by atoms with Gasteiger partial charge in [0, 0.05) is 35.8 Å². The van der Waals surface area contributed by atoms with Gasteiger partial charge in [0.1, 0.15) is 6.04 Å². The van der Waals surface area contributed by atoms with E-state index in [0.717, 1.165) is 11.9 Å². The fourth-order valence-electron chi connectivity index (χ4n) is 3.78. The van der Waals surface area contributed by atoms with E-state index in [0.29, 0.717) is 13.1 Å². The Hall–Kier alpha value is -3.28. The van der Waals surface area contributed by atoms with Crippen LogP contribution in [0, 0.1) is 5.92 Å². The first-order valence-electron chi connectivity index (χ1n) is 9.93. The maximum absolute atomic E-state index is 13.1. The number of carbonyl (C=O) groups excluding carboxylic acids is 2. The Morgan fingerprint density at radius 2 is 2.00 bits per heavy atom. The number of aromatic nitrogens is 1. The largest absolute Gasteiger partial charge is 0.459 e. The monoisotopic (exact) mass is 391 g/mol. The molecule has 6 nitrogen and oxygen atoms in total. The zero-order valence-electron chi connectivity index (χ0n) is 16.6. The van der Waals surface area contributed by atoms with Gasteiger partial charge in [0.2, 0.25) is 5.91 Å². The predicted molar refractivity (Wildman–Crippen MR) is 112 cm³/mol. The van der Waals surface area contributed by atoms with Crippen LogP contribution in [0.4, 0.5) is 0 Å². The van der Waals surface area contributed by atoms with Crippen LogP contribution in [-0.4, -0.2) is 40.8 Å². The molecule has 0 fully saturated rings. The summed E-state index contributed by atoms with van der Waals surface area (Å²) in [6.45, 7) is 5.03. The third-order valence-corrected chi connectivity index (χ3v) is 5.42. The molecule has 1 aromatic carbocycles. The molecule has 2 N–H and O–H groups in total. The molecule has 6 heteroatoms. The van der Waals surface area contributed by atoms with Crippen molar-refractivity contribution in [3.05, 3.63) is 66.3 Å². The number of hydrogen-bond donors (Lipinski definition) is 2. The van der Waals surface area contributed by atoms with Crippen LogP contribution < -0.4 is 5.32 Å². The molecule has 1 atom stereocenters. The molecule has 1 aliphatic heterocycles. The van der Waals surface area contributed by atoms with E-state index in [1.165, 1.54) is 22.8 Å². The summed E-state index contributed by atoms with van der Waals surface area (Å²) in [7, 11) is 0. The number of nitrogens with one attached hydrogen (secondary N) is 2. The zero-order valence-corrected chi connectivity index (χ0v) is 16.6. The summed E-state index contributed by atoms with van der Waals surface area (Å²) in [5.74, 6) is -0.243. The molecule has 0 spiro atoms. The Balaban J connectivity index is 1.47. The molecular weight excluding hydrogens is 366 g/mol. The fourth-order valence-corrected chi connectivity index (χ4v) is 3.78. The van der Waals surface area contributed by atoms with Crippen molar-refractivity contribution in [1.29, 1.82) is 0 Å². The van der Waals surface area contributed by atoms with Gasteiger partial charge >= 0.3 is 0 Å². The van der Waals surface area contributed by atoms with Crippen LogP contribution >= 0.6 is 0 Å². The molecule has 0 saturated carbocycles. The van der Waals surface area contributed by atoms with E-state index in [9.17, 15) is 9.59 Å². The number of benzene rings is 1. The lowest BCUT2D eigenvalue weighted by Gasteiger charge is -2.31. The highest BCUT2D eigenvalue weighted by Crippen LogP contribution is 2.29. The summed E-state index contributed by atoms with van der Waals surface area (Å²) in [5, 5.41) is 4.03. The number of nitrogens with zero attached hydrogens (tertiary/aromatic N) is 1. The topological polar surface area (TPSA) is 78.3 Å². The van der Waals surface area contributed by atoms with E-state index in [1.807, 2.05) is 37.1 Å². The molecule has 0 unspecified atom stereocenters. The van der Waals surface area contributed by atoms with E-state index in [2.05, 4.69) is 28.5 Å². The zero-order chi connectivity index (χ0) is 20.4. The number of rotatable bonds is 5. The van der Waals surface area contributed by atoms with Crippen molar-refractivity contribution < 1.29 is 14.0 Å². The number of fused-ring (bicyclic) bond motifs is 1. The van der Waals surface area contributed by atoms with Crippen molar-refractivity contribution in [3.63, 3.8) is 0 Å². The Labute approximate surface area is 169 Å². The molecule has 2 aromatic heterocycles. The SMILES string of the molecule is CC(C)[C@@H](NC(=O)c1ccco1)C(=O)N1CC=C(c2c[nH]c3ccccc23)CC1. The maximum Gasteiger partial charge on any atom is 0.287 e. The minimum atomic E-state index is -0.587. The number of para-hydroxylation sites is 1. The molecule has 3 aromatic rings. The Kier molecular flexibility index (Phi) is 5.25. The van der Waals surface area contributed by atoms with Crippen molar-refractivity contribution >= 4 is 28.3 Å². The number of furan rings is 1. The summed E-state index contributed by atoms with van der Waals surface area (Å²) in [4.78, 5) is 30.6. The lowest BCUT2D eigenvalue weighted by atomic mass is 9.97. The molecule has 4 rings (SSSR count). The summed E-state index contributed by atoms with van der Waals surface area (Å²) in [6.07, 6.45) is 6.38. The summed E-state index contributed by atoms with van der Waals surface area (Å²) in [5.41, 5.74) is 3.55. The summed E-state index contributed by atoms with van der Waals surface area (Å²) in [6, 6.07) is 10.9. The molecule has 0 bridgehead atoms. The Morgan fingerprint density at radius 3 is 2.69 bits per heavy atom.